The predicted octanol–water partition coefficient (Wildman–Crippen LogP) is 5.19. The second kappa shape index (κ2) is 6.97. The molecular formula is C17H16Cl2O2. The van der Waals surface area contributed by atoms with Gasteiger partial charge in [-0.3, -0.25) is 4.79 Å². The first-order valence-electron chi connectivity index (χ1n) is 6.82. The van der Waals surface area contributed by atoms with Gasteiger partial charge < -0.3 is 4.74 Å². The Morgan fingerprint density at radius 2 is 1.71 bits per heavy atom. The number of halogens is 2. The lowest BCUT2D eigenvalue weighted by molar-refractivity contribution is 0.103. The van der Waals surface area contributed by atoms with E-state index in [0.717, 1.165) is 6.42 Å². The normalized spacial score (nSPS) is 10.5. The monoisotopic (exact) mass is 322 g/mol. The van der Waals surface area contributed by atoms with E-state index >= 15 is 0 Å². The van der Waals surface area contributed by atoms with Crippen molar-refractivity contribution in [2.24, 2.45) is 0 Å². The molecule has 2 rings (SSSR count). The molecule has 0 unspecified atom stereocenters. The Bertz CT molecular complexity index is 649. The maximum absolute atomic E-state index is 12.5. The summed E-state index contributed by atoms with van der Waals surface area (Å²) in [5.41, 5.74) is 2.16. The molecule has 0 amide bonds. The molecule has 0 radical (unpaired) electrons. The molecule has 2 nitrogen and oxygen atoms in total. The molecule has 0 aromatic heterocycles. The van der Waals surface area contributed by atoms with Gasteiger partial charge in [0.2, 0.25) is 0 Å². The average Bonchev–Trinajstić information content (AvgIpc) is 2.50. The molecule has 21 heavy (non-hydrogen) atoms. The summed E-state index contributed by atoms with van der Waals surface area (Å²) in [5.74, 6) is 0.342. The van der Waals surface area contributed by atoms with Gasteiger partial charge in [0, 0.05) is 17.2 Å². The molecule has 0 aliphatic heterocycles. The van der Waals surface area contributed by atoms with Gasteiger partial charge in [-0.15, -0.1) is 0 Å². The van der Waals surface area contributed by atoms with Crippen molar-refractivity contribution in [3.63, 3.8) is 0 Å². The van der Waals surface area contributed by atoms with Crippen molar-refractivity contribution in [3.05, 3.63) is 63.1 Å². The van der Waals surface area contributed by atoms with Crippen LogP contribution in [0.3, 0.4) is 0 Å². The van der Waals surface area contributed by atoms with Crippen molar-refractivity contribution >= 4 is 29.0 Å². The number of carbonyl (C=O) groups is 1. The fraction of sp³-hybridized carbons (Fsp3) is 0.235. The fourth-order valence-electron chi connectivity index (χ4n) is 2.02. The zero-order valence-electron chi connectivity index (χ0n) is 12.0. The number of ketones is 1. The Morgan fingerprint density at radius 3 is 2.29 bits per heavy atom. The third-order valence-corrected chi connectivity index (χ3v) is 3.80. The van der Waals surface area contributed by atoms with E-state index in [1.165, 1.54) is 5.56 Å². The quantitative estimate of drug-likeness (QED) is 0.708. The Labute approximate surface area is 134 Å². The molecule has 110 valence electrons. The molecule has 4 heteroatoms. The van der Waals surface area contributed by atoms with E-state index in [1.807, 2.05) is 31.2 Å². The smallest absolute Gasteiger partial charge is 0.194 e. The number of benzene rings is 2. The van der Waals surface area contributed by atoms with Gasteiger partial charge in [-0.2, -0.15) is 0 Å². The minimum absolute atomic E-state index is 0.146. The first-order chi connectivity index (χ1) is 10.1. The molecule has 0 aliphatic rings. The second-order valence-electron chi connectivity index (χ2n) is 4.58. The van der Waals surface area contributed by atoms with E-state index < -0.39 is 0 Å². The number of carbonyl (C=O) groups excluding carboxylic acids is 1. The van der Waals surface area contributed by atoms with Crippen molar-refractivity contribution in [1.29, 1.82) is 0 Å². The number of hydrogen-bond acceptors (Lipinski definition) is 2. The van der Waals surface area contributed by atoms with Crippen LogP contribution in [0.15, 0.2) is 36.4 Å². The maximum atomic E-state index is 12.5. The minimum atomic E-state index is -0.146. The Balaban J connectivity index is 2.36. The Hall–Kier alpha value is -1.51. The topological polar surface area (TPSA) is 26.3 Å². The Morgan fingerprint density at radius 1 is 1.05 bits per heavy atom. The van der Waals surface area contributed by atoms with Gasteiger partial charge in [0.25, 0.3) is 0 Å². The van der Waals surface area contributed by atoms with E-state index in [1.54, 1.807) is 12.1 Å². The third kappa shape index (κ3) is 3.58. The van der Waals surface area contributed by atoms with E-state index in [4.69, 9.17) is 27.9 Å². The lowest BCUT2D eigenvalue weighted by Crippen LogP contribution is -2.03. The van der Waals surface area contributed by atoms with Gasteiger partial charge in [-0.05, 0) is 25.0 Å². The van der Waals surface area contributed by atoms with Gasteiger partial charge >= 0.3 is 0 Å². The molecule has 2 aromatic rings. The fourth-order valence-corrected chi connectivity index (χ4v) is 2.47. The summed E-state index contributed by atoms with van der Waals surface area (Å²) in [6.07, 6.45) is 0.935. The molecule has 0 fully saturated rings. The van der Waals surface area contributed by atoms with Crippen LogP contribution in [-0.4, -0.2) is 12.4 Å². The van der Waals surface area contributed by atoms with Crippen LogP contribution in [0, 0.1) is 0 Å². The van der Waals surface area contributed by atoms with Gasteiger partial charge in [0.15, 0.2) is 5.78 Å². The molecule has 0 saturated heterocycles. The van der Waals surface area contributed by atoms with Crippen molar-refractivity contribution < 1.29 is 9.53 Å². The van der Waals surface area contributed by atoms with Crippen molar-refractivity contribution in [2.75, 3.05) is 6.61 Å². The van der Waals surface area contributed by atoms with Crippen molar-refractivity contribution in [3.8, 4) is 5.75 Å². The number of aryl methyl sites for hydroxylation is 1. The molecule has 0 saturated carbocycles. The summed E-state index contributed by atoms with van der Waals surface area (Å²) in [4.78, 5) is 12.5. The Kier molecular flexibility index (Phi) is 5.27. The summed E-state index contributed by atoms with van der Waals surface area (Å²) >= 11 is 12.3. The van der Waals surface area contributed by atoms with E-state index in [2.05, 4.69) is 6.92 Å². The summed E-state index contributed by atoms with van der Waals surface area (Å²) in [5, 5.41) is 0.724. The number of hydrogen-bond donors (Lipinski definition) is 0. The van der Waals surface area contributed by atoms with Crippen LogP contribution in [0.1, 0.15) is 35.3 Å². The van der Waals surface area contributed by atoms with Crippen molar-refractivity contribution in [1.82, 2.24) is 0 Å². The molecule has 0 spiro atoms. The van der Waals surface area contributed by atoms with Crippen LogP contribution in [0.5, 0.6) is 5.75 Å². The highest BCUT2D eigenvalue weighted by Gasteiger charge is 2.16. The lowest BCUT2D eigenvalue weighted by atomic mass is 10.0. The molecule has 0 atom stereocenters. The zero-order valence-corrected chi connectivity index (χ0v) is 13.5. The molecule has 0 heterocycles. The standard InChI is InChI=1S/C17H16Cl2O2/c1-3-11-5-7-12(8-6-11)17(20)13-9-15(19)16(21-4-2)10-14(13)18/h5-10H,3-4H2,1-2H3. The van der Waals surface area contributed by atoms with Crippen LogP contribution in [0.4, 0.5) is 0 Å². The van der Waals surface area contributed by atoms with Gasteiger partial charge in [0.05, 0.1) is 16.7 Å². The largest absolute Gasteiger partial charge is 0.492 e. The minimum Gasteiger partial charge on any atom is -0.492 e. The zero-order chi connectivity index (χ0) is 15.4. The summed E-state index contributed by atoms with van der Waals surface area (Å²) in [7, 11) is 0. The lowest BCUT2D eigenvalue weighted by Gasteiger charge is -2.10. The van der Waals surface area contributed by atoms with E-state index in [0.29, 0.717) is 33.5 Å². The first-order valence-corrected chi connectivity index (χ1v) is 7.57. The van der Waals surface area contributed by atoms with Crippen LogP contribution in [-0.2, 0) is 6.42 Å². The summed E-state index contributed by atoms with van der Waals surface area (Å²) in [6, 6.07) is 10.6. The summed E-state index contributed by atoms with van der Waals surface area (Å²) < 4.78 is 5.36. The number of ether oxygens (including phenoxy) is 1. The van der Waals surface area contributed by atoms with Gasteiger partial charge in [0.1, 0.15) is 5.75 Å². The van der Waals surface area contributed by atoms with E-state index in [9.17, 15) is 4.79 Å². The van der Waals surface area contributed by atoms with Gasteiger partial charge in [-0.25, -0.2) is 0 Å². The average molecular weight is 323 g/mol. The first kappa shape index (κ1) is 15.9. The molecule has 0 N–H and O–H groups in total. The molecule has 0 bridgehead atoms. The van der Waals surface area contributed by atoms with Crippen molar-refractivity contribution in [2.45, 2.75) is 20.3 Å². The van der Waals surface area contributed by atoms with Gasteiger partial charge in [-0.1, -0.05) is 54.4 Å². The SMILES string of the molecule is CCOc1cc(Cl)c(C(=O)c2ccc(CC)cc2)cc1Cl. The molecule has 0 aliphatic carbocycles. The molecule has 2 aromatic carbocycles. The van der Waals surface area contributed by atoms with Crippen LogP contribution in [0.2, 0.25) is 10.0 Å². The second-order valence-corrected chi connectivity index (χ2v) is 5.39. The van der Waals surface area contributed by atoms with Crippen LogP contribution >= 0.6 is 23.2 Å². The third-order valence-electron chi connectivity index (χ3n) is 3.19. The van der Waals surface area contributed by atoms with Crippen LogP contribution < -0.4 is 4.74 Å². The molecular weight excluding hydrogens is 307 g/mol. The van der Waals surface area contributed by atoms with Crippen LogP contribution in [0.25, 0.3) is 0 Å². The predicted molar refractivity (Wildman–Crippen MR) is 86.9 cm³/mol. The number of rotatable bonds is 5. The highest BCUT2D eigenvalue weighted by atomic mass is 35.5. The van der Waals surface area contributed by atoms with E-state index in [-0.39, 0.29) is 5.78 Å². The summed E-state index contributed by atoms with van der Waals surface area (Å²) in [6.45, 7) is 4.42. The highest BCUT2D eigenvalue weighted by molar-refractivity contribution is 6.37. The maximum Gasteiger partial charge on any atom is 0.194 e. The highest BCUT2D eigenvalue weighted by Crippen LogP contribution is 2.32.